The predicted octanol–water partition coefficient (Wildman–Crippen LogP) is 1.31. The van der Waals surface area contributed by atoms with E-state index < -0.39 is 18.1 Å². The second-order valence-electron chi connectivity index (χ2n) is 5.29. The summed E-state index contributed by atoms with van der Waals surface area (Å²) in [6.45, 7) is 4.15. The lowest BCUT2D eigenvalue weighted by atomic mass is 10.0. The first-order valence-corrected chi connectivity index (χ1v) is 7.53. The molecule has 0 aromatic heterocycles. The van der Waals surface area contributed by atoms with Crippen LogP contribution in [-0.2, 0) is 23.9 Å². The van der Waals surface area contributed by atoms with Gasteiger partial charge in [0.25, 0.3) is 5.91 Å². The fraction of sp³-hybridized carbons (Fsp3) is 0.800. The van der Waals surface area contributed by atoms with E-state index in [0.717, 1.165) is 25.7 Å². The van der Waals surface area contributed by atoms with Gasteiger partial charge in [-0.25, -0.2) is 4.79 Å². The molecule has 1 aliphatic rings. The zero-order valence-corrected chi connectivity index (χ0v) is 13.1. The van der Waals surface area contributed by atoms with Gasteiger partial charge in [0.15, 0.2) is 11.9 Å². The minimum atomic E-state index is -1.13. The molecule has 6 heteroatoms. The van der Waals surface area contributed by atoms with Gasteiger partial charge in [0.1, 0.15) is 6.04 Å². The third kappa shape index (κ3) is 4.81. The molecule has 6 nitrogen and oxygen atoms in total. The third-order valence-corrected chi connectivity index (χ3v) is 3.63. The Morgan fingerprint density at radius 3 is 2.57 bits per heavy atom. The Kier molecular flexibility index (Phi) is 7.36. The molecule has 0 spiro atoms. The maximum Gasteiger partial charge on any atom is 0.328 e. The van der Waals surface area contributed by atoms with E-state index in [2.05, 4.69) is 0 Å². The van der Waals surface area contributed by atoms with Crippen LogP contribution in [0.4, 0.5) is 0 Å². The lowest BCUT2D eigenvalue weighted by Crippen LogP contribution is -2.53. The highest BCUT2D eigenvalue weighted by molar-refractivity contribution is 6.04. The SMILES string of the molecule is CCCCOC(=O)C1CCCCN1C(=O)C(OC)C(C)=O. The number of likely N-dealkylation sites (tertiary alicyclic amines) is 1. The summed E-state index contributed by atoms with van der Waals surface area (Å²) in [6.07, 6.45) is 2.88. The number of carbonyl (C=O) groups is 3. The predicted molar refractivity (Wildman–Crippen MR) is 76.7 cm³/mol. The molecule has 0 radical (unpaired) electrons. The van der Waals surface area contributed by atoms with E-state index in [0.29, 0.717) is 19.6 Å². The van der Waals surface area contributed by atoms with Crippen LogP contribution in [0.1, 0.15) is 46.0 Å². The number of amides is 1. The molecule has 1 rings (SSSR count). The average molecular weight is 299 g/mol. The summed E-state index contributed by atoms with van der Waals surface area (Å²) in [5.41, 5.74) is 0. The molecule has 0 aromatic carbocycles. The van der Waals surface area contributed by atoms with Crippen LogP contribution in [0.2, 0.25) is 0 Å². The number of hydrogen-bond donors (Lipinski definition) is 0. The molecule has 0 bridgehead atoms. The van der Waals surface area contributed by atoms with E-state index in [9.17, 15) is 14.4 Å². The van der Waals surface area contributed by atoms with Gasteiger partial charge >= 0.3 is 5.97 Å². The van der Waals surface area contributed by atoms with Crippen LogP contribution in [0.25, 0.3) is 0 Å². The van der Waals surface area contributed by atoms with Crippen LogP contribution in [-0.4, -0.2) is 55.0 Å². The summed E-state index contributed by atoms with van der Waals surface area (Å²) in [5.74, 6) is -1.18. The second-order valence-corrected chi connectivity index (χ2v) is 5.29. The van der Waals surface area contributed by atoms with Crippen molar-refractivity contribution in [2.45, 2.75) is 58.1 Å². The van der Waals surface area contributed by atoms with E-state index >= 15 is 0 Å². The average Bonchev–Trinajstić information content (AvgIpc) is 2.47. The standard InChI is InChI=1S/C15H25NO5/c1-4-5-10-21-15(19)12-8-6-7-9-16(12)14(18)13(20-3)11(2)17/h12-13H,4-10H2,1-3H3. The number of ketones is 1. The van der Waals surface area contributed by atoms with Crippen molar-refractivity contribution in [1.82, 2.24) is 4.90 Å². The Morgan fingerprint density at radius 2 is 2.00 bits per heavy atom. The summed E-state index contributed by atoms with van der Waals surface area (Å²) in [4.78, 5) is 37.4. The van der Waals surface area contributed by atoms with Crippen LogP contribution in [0.3, 0.4) is 0 Å². The van der Waals surface area contributed by atoms with Gasteiger partial charge in [-0.05, 0) is 32.6 Å². The Balaban J connectivity index is 2.74. The summed E-state index contributed by atoms with van der Waals surface area (Å²) in [7, 11) is 1.32. The number of Topliss-reactive ketones (excluding diaryl/α,β-unsaturated/α-hetero) is 1. The van der Waals surface area contributed by atoms with Crippen LogP contribution in [0.15, 0.2) is 0 Å². The number of rotatable bonds is 7. The van der Waals surface area contributed by atoms with Crippen molar-refractivity contribution in [3.63, 3.8) is 0 Å². The van der Waals surface area contributed by atoms with E-state index in [1.54, 1.807) is 0 Å². The molecule has 2 atom stereocenters. The van der Waals surface area contributed by atoms with E-state index in [-0.39, 0.29) is 11.8 Å². The molecule has 0 aliphatic carbocycles. The van der Waals surface area contributed by atoms with Gasteiger partial charge < -0.3 is 14.4 Å². The molecule has 1 amide bonds. The van der Waals surface area contributed by atoms with Crippen molar-refractivity contribution < 1.29 is 23.9 Å². The van der Waals surface area contributed by atoms with Gasteiger partial charge in [0, 0.05) is 13.7 Å². The van der Waals surface area contributed by atoms with Gasteiger partial charge in [-0.3, -0.25) is 9.59 Å². The van der Waals surface area contributed by atoms with Gasteiger partial charge in [0.05, 0.1) is 6.61 Å². The summed E-state index contributed by atoms with van der Waals surface area (Å²) in [6, 6.07) is -0.597. The van der Waals surface area contributed by atoms with Crippen LogP contribution < -0.4 is 0 Å². The number of ether oxygens (including phenoxy) is 2. The number of unbranched alkanes of at least 4 members (excludes halogenated alkanes) is 1. The highest BCUT2D eigenvalue weighted by atomic mass is 16.5. The maximum atomic E-state index is 12.4. The Labute approximate surface area is 125 Å². The highest BCUT2D eigenvalue weighted by Crippen LogP contribution is 2.20. The smallest absolute Gasteiger partial charge is 0.328 e. The maximum absolute atomic E-state index is 12.4. The summed E-state index contributed by atoms with van der Waals surface area (Å²) in [5, 5.41) is 0. The first kappa shape index (κ1) is 17.6. The van der Waals surface area contributed by atoms with E-state index in [1.165, 1.54) is 18.9 Å². The normalized spacial score (nSPS) is 20.0. The lowest BCUT2D eigenvalue weighted by Gasteiger charge is -2.35. The Hall–Kier alpha value is -1.43. The summed E-state index contributed by atoms with van der Waals surface area (Å²) < 4.78 is 10.2. The summed E-state index contributed by atoms with van der Waals surface area (Å²) >= 11 is 0. The van der Waals surface area contributed by atoms with Crippen LogP contribution in [0.5, 0.6) is 0 Å². The van der Waals surface area contributed by atoms with Crippen LogP contribution >= 0.6 is 0 Å². The second kappa shape index (κ2) is 8.77. The first-order chi connectivity index (χ1) is 10.0. The molecule has 2 unspecified atom stereocenters. The van der Waals surface area contributed by atoms with Gasteiger partial charge in [0.2, 0.25) is 0 Å². The molecular weight excluding hydrogens is 274 g/mol. The zero-order valence-electron chi connectivity index (χ0n) is 13.1. The topological polar surface area (TPSA) is 72.9 Å². The van der Waals surface area contributed by atoms with Crippen molar-refractivity contribution in [1.29, 1.82) is 0 Å². The molecule has 120 valence electrons. The zero-order chi connectivity index (χ0) is 15.8. The highest BCUT2D eigenvalue weighted by Gasteiger charge is 2.37. The fourth-order valence-electron chi connectivity index (χ4n) is 2.44. The number of piperidine rings is 1. The minimum Gasteiger partial charge on any atom is -0.464 e. The number of carbonyl (C=O) groups excluding carboxylic acids is 3. The molecule has 0 N–H and O–H groups in total. The van der Waals surface area contributed by atoms with Crippen molar-refractivity contribution in [3.8, 4) is 0 Å². The Morgan fingerprint density at radius 1 is 1.29 bits per heavy atom. The molecule has 0 saturated carbocycles. The number of methoxy groups -OCH3 is 1. The Bertz CT molecular complexity index is 382. The molecule has 1 fully saturated rings. The van der Waals surface area contributed by atoms with Crippen molar-refractivity contribution in [2.75, 3.05) is 20.3 Å². The van der Waals surface area contributed by atoms with Crippen molar-refractivity contribution >= 4 is 17.7 Å². The van der Waals surface area contributed by atoms with Crippen molar-refractivity contribution in [3.05, 3.63) is 0 Å². The third-order valence-electron chi connectivity index (χ3n) is 3.63. The van der Waals surface area contributed by atoms with Gasteiger partial charge in [-0.2, -0.15) is 0 Å². The quantitative estimate of drug-likeness (QED) is 0.403. The van der Waals surface area contributed by atoms with E-state index in [4.69, 9.17) is 9.47 Å². The minimum absolute atomic E-state index is 0.355. The van der Waals surface area contributed by atoms with E-state index in [1.807, 2.05) is 6.92 Å². The molecule has 0 aromatic rings. The molecule has 1 aliphatic heterocycles. The fourth-order valence-corrected chi connectivity index (χ4v) is 2.44. The number of hydrogen-bond acceptors (Lipinski definition) is 5. The monoisotopic (exact) mass is 299 g/mol. The lowest BCUT2D eigenvalue weighted by molar-refractivity contribution is -0.162. The van der Waals surface area contributed by atoms with Crippen molar-refractivity contribution in [2.24, 2.45) is 0 Å². The molecular formula is C15H25NO5. The molecule has 1 saturated heterocycles. The molecule has 21 heavy (non-hydrogen) atoms. The molecule has 1 heterocycles. The van der Waals surface area contributed by atoms with Gasteiger partial charge in [-0.1, -0.05) is 13.3 Å². The number of nitrogens with zero attached hydrogens (tertiary/aromatic N) is 1. The van der Waals surface area contributed by atoms with Crippen LogP contribution in [0, 0.1) is 0 Å². The number of esters is 1. The van der Waals surface area contributed by atoms with Gasteiger partial charge in [-0.15, -0.1) is 0 Å². The largest absolute Gasteiger partial charge is 0.464 e. The first-order valence-electron chi connectivity index (χ1n) is 7.53.